The van der Waals surface area contributed by atoms with Crippen LogP contribution >= 0.6 is 35.8 Å². The van der Waals surface area contributed by atoms with Gasteiger partial charge < -0.3 is 14.2 Å². The predicted molar refractivity (Wildman–Crippen MR) is 197 cm³/mol. The van der Waals surface area contributed by atoms with Gasteiger partial charge in [0.25, 0.3) is 5.56 Å². The number of carbonyl (C=O) groups excluding carboxylic acids is 1. The largest absolute Gasteiger partial charge is 0.379 e. The Kier molecular flexibility index (Phi) is 13.2. The van der Waals surface area contributed by atoms with E-state index < -0.39 is 0 Å². The Bertz CT molecular complexity index is 1910. The summed E-state index contributed by atoms with van der Waals surface area (Å²) in [5, 5.41) is 5.34. The number of nitrogens with zero attached hydrogens (tertiary/aromatic N) is 6. The molecule has 2 aromatic heterocycles. The molecule has 5 aromatic rings. The summed E-state index contributed by atoms with van der Waals surface area (Å²) in [6, 6.07) is 22.2. The van der Waals surface area contributed by atoms with Gasteiger partial charge in [0.2, 0.25) is 5.91 Å². The Morgan fingerprint density at radius 2 is 1.60 bits per heavy atom. The van der Waals surface area contributed by atoms with Gasteiger partial charge in [-0.2, -0.15) is 10.1 Å². The maximum atomic E-state index is 14.2. The third kappa shape index (κ3) is 10.3. The van der Waals surface area contributed by atoms with Gasteiger partial charge >= 0.3 is 0 Å². The van der Waals surface area contributed by atoms with Crippen LogP contribution in [0.3, 0.4) is 0 Å². The van der Waals surface area contributed by atoms with E-state index in [-0.39, 0.29) is 36.2 Å². The minimum Gasteiger partial charge on any atom is -0.379 e. The molecule has 0 atom stereocenters. The lowest BCUT2D eigenvalue weighted by molar-refractivity contribution is -0.133. The number of halogens is 3. The van der Waals surface area contributed by atoms with E-state index >= 15 is 0 Å². The average Bonchev–Trinajstić information content (AvgIpc) is 3.53. The van der Waals surface area contributed by atoms with Crippen LogP contribution in [-0.2, 0) is 41.8 Å². The summed E-state index contributed by atoms with van der Waals surface area (Å²) in [5.41, 5.74) is 5.02. The number of carbonyl (C=O) groups is 1. The standard InChI is InChI=1S/C37H38ClFN6O3S.ClH/c1-42-22-29(21-40-42)20-32-24-45(37(41-36(32)47)49-26-28-4-12-34(39)13-5-28)25-35(46)44(15-14-43-16-18-48-19-17-43)23-27-2-6-30(7-3-27)31-8-10-33(38)11-9-31;/h2-13,21-22,24H,14-20,23,25-26H2,1H3;1H. The molecule has 0 saturated carbocycles. The summed E-state index contributed by atoms with van der Waals surface area (Å²) in [4.78, 5) is 36.0. The van der Waals surface area contributed by atoms with E-state index in [0.29, 0.717) is 54.2 Å². The molecule has 0 bridgehead atoms. The Hall–Kier alpha value is -4.00. The van der Waals surface area contributed by atoms with E-state index in [1.165, 1.54) is 23.9 Å². The Labute approximate surface area is 306 Å². The van der Waals surface area contributed by atoms with Crippen LogP contribution in [0.2, 0.25) is 5.02 Å². The van der Waals surface area contributed by atoms with E-state index in [2.05, 4.69) is 39.2 Å². The molecule has 1 saturated heterocycles. The van der Waals surface area contributed by atoms with E-state index in [4.69, 9.17) is 16.3 Å². The summed E-state index contributed by atoms with van der Waals surface area (Å²) in [5.74, 6) is 0.0613. The van der Waals surface area contributed by atoms with Crippen LogP contribution in [-0.4, -0.2) is 74.4 Å². The average molecular weight is 738 g/mol. The molecule has 1 aliphatic rings. The molecule has 0 radical (unpaired) electrons. The quantitative estimate of drug-likeness (QED) is 0.107. The Morgan fingerprint density at radius 1 is 0.940 bits per heavy atom. The molecule has 0 N–H and O–H groups in total. The highest BCUT2D eigenvalue weighted by Crippen LogP contribution is 2.24. The van der Waals surface area contributed by atoms with Crippen LogP contribution in [0.15, 0.2) is 101 Å². The lowest BCUT2D eigenvalue weighted by Gasteiger charge is -2.30. The molecule has 1 fully saturated rings. The second-order valence-corrected chi connectivity index (χ2v) is 13.4. The predicted octanol–water partition coefficient (Wildman–Crippen LogP) is 6.10. The number of hydrogen-bond acceptors (Lipinski definition) is 7. The third-order valence-corrected chi connectivity index (χ3v) is 9.73. The first-order valence-corrected chi connectivity index (χ1v) is 17.5. The van der Waals surface area contributed by atoms with Crippen LogP contribution in [0.4, 0.5) is 4.39 Å². The van der Waals surface area contributed by atoms with Gasteiger partial charge in [-0.15, -0.1) is 12.4 Å². The smallest absolute Gasteiger partial charge is 0.277 e. The first-order valence-electron chi connectivity index (χ1n) is 16.2. The second kappa shape index (κ2) is 17.8. The molecule has 0 unspecified atom stereocenters. The van der Waals surface area contributed by atoms with Gasteiger partial charge in [0.1, 0.15) is 12.4 Å². The topological polar surface area (TPSA) is 85.5 Å². The van der Waals surface area contributed by atoms with Gasteiger partial charge in [0, 0.05) is 74.9 Å². The van der Waals surface area contributed by atoms with Gasteiger partial charge in [-0.3, -0.25) is 19.2 Å². The molecule has 1 amide bonds. The van der Waals surface area contributed by atoms with Crippen molar-refractivity contribution in [2.24, 2.45) is 7.05 Å². The summed E-state index contributed by atoms with van der Waals surface area (Å²) in [6.07, 6.45) is 5.67. The third-order valence-electron chi connectivity index (χ3n) is 8.42. The fourth-order valence-electron chi connectivity index (χ4n) is 5.67. The van der Waals surface area contributed by atoms with Crippen molar-refractivity contribution >= 4 is 41.7 Å². The molecule has 0 spiro atoms. The molecule has 50 heavy (non-hydrogen) atoms. The SMILES string of the molecule is Cl.Cn1cc(Cc2cn(CC(=O)N(CCN3CCOCC3)Cc3ccc(-c4ccc(Cl)cc4)cc3)c(SCc3ccc(F)cc3)nc2=O)cn1. The Balaban J connectivity index is 0.00000486. The number of morpholine rings is 1. The highest BCUT2D eigenvalue weighted by molar-refractivity contribution is 7.98. The van der Waals surface area contributed by atoms with Gasteiger partial charge in [-0.25, -0.2) is 4.39 Å². The summed E-state index contributed by atoms with van der Waals surface area (Å²) < 4.78 is 22.5. The lowest BCUT2D eigenvalue weighted by atomic mass is 10.0. The normalized spacial score (nSPS) is 13.2. The van der Waals surface area contributed by atoms with Crippen LogP contribution in [0.5, 0.6) is 0 Å². The van der Waals surface area contributed by atoms with Gasteiger partial charge in [-0.1, -0.05) is 71.9 Å². The summed E-state index contributed by atoms with van der Waals surface area (Å²) in [7, 11) is 1.82. The molecule has 13 heteroatoms. The molecule has 1 aliphatic heterocycles. The van der Waals surface area contributed by atoms with Gasteiger partial charge in [0.15, 0.2) is 5.16 Å². The van der Waals surface area contributed by atoms with Gasteiger partial charge in [-0.05, 0) is 52.1 Å². The van der Waals surface area contributed by atoms with Crippen LogP contribution in [0.25, 0.3) is 11.1 Å². The number of benzene rings is 3. The molecule has 6 rings (SSSR count). The Morgan fingerprint density at radius 3 is 2.26 bits per heavy atom. The van der Waals surface area contributed by atoms with E-state index in [0.717, 1.165) is 47.5 Å². The van der Waals surface area contributed by atoms with Crippen molar-refractivity contribution in [2.75, 3.05) is 39.4 Å². The summed E-state index contributed by atoms with van der Waals surface area (Å²) >= 11 is 7.43. The van der Waals surface area contributed by atoms with E-state index in [1.807, 2.05) is 42.4 Å². The van der Waals surface area contributed by atoms with Crippen molar-refractivity contribution in [3.63, 3.8) is 0 Å². The summed E-state index contributed by atoms with van der Waals surface area (Å²) in [6.45, 7) is 4.69. The van der Waals surface area contributed by atoms with Crippen LogP contribution in [0, 0.1) is 5.82 Å². The van der Waals surface area contributed by atoms with Crippen LogP contribution in [0.1, 0.15) is 22.3 Å². The first kappa shape index (κ1) is 37.3. The van der Waals surface area contributed by atoms with Crippen molar-refractivity contribution in [3.05, 3.63) is 135 Å². The minimum atomic E-state index is -0.348. The molecule has 3 aromatic carbocycles. The fourth-order valence-corrected chi connectivity index (χ4v) is 6.72. The number of aromatic nitrogens is 4. The van der Waals surface area contributed by atoms with Crippen molar-refractivity contribution in [2.45, 2.75) is 30.4 Å². The lowest BCUT2D eigenvalue weighted by Crippen LogP contribution is -2.43. The number of amides is 1. The number of hydrogen-bond donors (Lipinski definition) is 0. The van der Waals surface area contributed by atoms with Crippen molar-refractivity contribution < 1.29 is 13.9 Å². The number of ether oxygens (including phenoxy) is 1. The second-order valence-electron chi connectivity index (χ2n) is 12.1. The maximum Gasteiger partial charge on any atom is 0.277 e. The number of thioether (sulfide) groups is 1. The van der Waals surface area contributed by atoms with Crippen molar-refractivity contribution in [1.82, 2.24) is 29.1 Å². The number of rotatable bonds is 13. The molecular weight excluding hydrogens is 698 g/mol. The highest BCUT2D eigenvalue weighted by atomic mass is 35.5. The fraction of sp³-hybridized carbons (Fsp3) is 0.297. The molecule has 262 valence electrons. The molecule has 3 heterocycles. The molecular formula is C37H39Cl2FN6O3S. The minimum absolute atomic E-state index is 0. The van der Waals surface area contributed by atoms with Crippen molar-refractivity contribution in [1.29, 1.82) is 0 Å². The highest BCUT2D eigenvalue weighted by Gasteiger charge is 2.20. The van der Waals surface area contributed by atoms with E-state index in [9.17, 15) is 14.0 Å². The zero-order valence-corrected chi connectivity index (χ0v) is 30.1. The first-order chi connectivity index (χ1) is 23.8. The zero-order valence-electron chi connectivity index (χ0n) is 27.7. The van der Waals surface area contributed by atoms with Crippen LogP contribution < -0.4 is 5.56 Å². The molecule has 0 aliphatic carbocycles. The van der Waals surface area contributed by atoms with Gasteiger partial charge in [0.05, 0.1) is 19.4 Å². The maximum absolute atomic E-state index is 14.2. The zero-order chi connectivity index (χ0) is 34.2. The van der Waals surface area contributed by atoms with Crippen molar-refractivity contribution in [3.8, 4) is 11.1 Å². The van der Waals surface area contributed by atoms with E-state index in [1.54, 1.807) is 33.8 Å². The monoisotopic (exact) mass is 736 g/mol. The molecule has 9 nitrogen and oxygen atoms in total. The number of aryl methyl sites for hydroxylation is 1.